The maximum atomic E-state index is 11.7. The third-order valence-electron chi connectivity index (χ3n) is 4.82. The van der Waals surface area contributed by atoms with Crippen LogP contribution >= 0.6 is 0 Å². The number of nitrogens with zero attached hydrogens (tertiary/aromatic N) is 2. The molecule has 25 heavy (non-hydrogen) atoms. The van der Waals surface area contributed by atoms with Gasteiger partial charge in [-0.3, -0.25) is 9.48 Å². The molecule has 0 spiro atoms. The molecule has 1 atom stereocenters. The number of hydrogen-bond acceptors (Lipinski definition) is 5. The van der Waals surface area contributed by atoms with Gasteiger partial charge in [-0.2, -0.15) is 5.10 Å². The molecule has 2 aliphatic carbocycles. The highest BCUT2D eigenvalue weighted by molar-refractivity contribution is 5.75. The molecule has 136 valence electrons. The number of ether oxygens (including phenoxy) is 1. The average Bonchev–Trinajstić information content (AvgIpc) is 3.36. The molecule has 1 aromatic heterocycles. The molecular formula is C18H26N4O3. The maximum absolute atomic E-state index is 11.7. The number of nitrogens with one attached hydrogen (secondary N) is 1. The van der Waals surface area contributed by atoms with Crippen molar-refractivity contribution in [3.05, 3.63) is 34.3 Å². The first kappa shape index (κ1) is 17.5. The summed E-state index contributed by atoms with van der Waals surface area (Å²) < 4.78 is 7.81. The zero-order chi connectivity index (χ0) is 18.1. The minimum atomic E-state index is -0.224. The highest BCUT2D eigenvalue weighted by atomic mass is 16.5. The van der Waals surface area contributed by atoms with Crippen molar-refractivity contribution in [1.29, 1.82) is 0 Å². The van der Waals surface area contributed by atoms with Crippen molar-refractivity contribution in [2.45, 2.75) is 58.3 Å². The zero-order valence-electron chi connectivity index (χ0n) is 15.0. The number of carbonyl (C=O) groups is 1. The van der Waals surface area contributed by atoms with E-state index in [1.807, 2.05) is 19.9 Å². The van der Waals surface area contributed by atoms with Crippen molar-refractivity contribution >= 4 is 5.91 Å². The van der Waals surface area contributed by atoms with Crippen molar-refractivity contribution in [1.82, 2.24) is 15.1 Å². The van der Waals surface area contributed by atoms with E-state index in [0.717, 1.165) is 35.4 Å². The lowest BCUT2D eigenvalue weighted by Crippen LogP contribution is -2.25. The predicted molar refractivity (Wildman–Crippen MR) is 93.9 cm³/mol. The van der Waals surface area contributed by atoms with Crippen molar-refractivity contribution in [3.63, 3.8) is 0 Å². The van der Waals surface area contributed by atoms with Gasteiger partial charge >= 0.3 is 0 Å². The highest BCUT2D eigenvalue weighted by Crippen LogP contribution is 2.45. The molecule has 0 aliphatic heterocycles. The minimum Gasteiger partial charge on any atom is -0.482 e. The molecule has 0 aromatic carbocycles. The summed E-state index contributed by atoms with van der Waals surface area (Å²) in [5, 5.41) is 17.0. The van der Waals surface area contributed by atoms with Crippen LogP contribution in [0.4, 0.5) is 0 Å². The number of aromatic nitrogens is 2. The first-order valence-electron chi connectivity index (χ1n) is 8.66. The number of aliphatic hydroxyl groups excluding tert-OH is 1. The van der Waals surface area contributed by atoms with Gasteiger partial charge in [-0.25, -0.2) is 0 Å². The van der Waals surface area contributed by atoms with Crippen LogP contribution in [0, 0.1) is 0 Å². The third kappa shape index (κ3) is 3.56. The number of likely N-dealkylation sites (N-methyl/N-ethyl adjacent to an activating group) is 1. The van der Waals surface area contributed by atoms with Crippen LogP contribution in [0.1, 0.15) is 50.4 Å². The monoisotopic (exact) mass is 346 g/mol. The molecule has 2 aliphatic rings. The van der Waals surface area contributed by atoms with Crippen molar-refractivity contribution in [2.75, 3.05) is 7.05 Å². The van der Waals surface area contributed by atoms with Crippen LogP contribution in [-0.2, 0) is 17.9 Å². The van der Waals surface area contributed by atoms with Crippen LogP contribution in [-0.4, -0.2) is 33.9 Å². The smallest absolute Gasteiger partial charge is 0.241 e. The fourth-order valence-electron chi connectivity index (χ4n) is 3.16. The van der Waals surface area contributed by atoms with E-state index in [1.165, 1.54) is 0 Å². The Morgan fingerprint density at radius 3 is 2.76 bits per heavy atom. The van der Waals surface area contributed by atoms with Gasteiger partial charge in [0.05, 0.1) is 6.61 Å². The summed E-state index contributed by atoms with van der Waals surface area (Å²) in [5.41, 5.74) is 10.4. The lowest BCUT2D eigenvalue weighted by atomic mass is 9.96. The van der Waals surface area contributed by atoms with Gasteiger partial charge < -0.3 is 20.9 Å². The van der Waals surface area contributed by atoms with Gasteiger partial charge in [0.1, 0.15) is 24.0 Å². The van der Waals surface area contributed by atoms with Gasteiger partial charge in [-0.1, -0.05) is 0 Å². The lowest BCUT2D eigenvalue weighted by molar-refractivity contribution is -0.121. The van der Waals surface area contributed by atoms with E-state index < -0.39 is 0 Å². The van der Waals surface area contributed by atoms with Crippen LogP contribution in [0.15, 0.2) is 22.9 Å². The van der Waals surface area contributed by atoms with Crippen LogP contribution in [0.3, 0.4) is 0 Å². The first-order valence-corrected chi connectivity index (χ1v) is 8.66. The number of carbonyl (C=O) groups excluding carboxylic acids is 1. The normalized spacial score (nSPS) is 20.5. The van der Waals surface area contributed by atoms with Crippen molar-refractivity contribution < 1.29 is 14.6 Å². The SMILES string of the molecule is CNC(=O)Cn1nc(C2CC2)c(OC2C=C(C)C(N)=C(C)C2)c1CO. The van der Waals surface area contributed by atoms with E-state index in [0.29, 0.717) is 23.8 Å². The van der Waals surface area contributed by atoms with Gasteiger partial charge in [-0.15, -0.1) is 0 Å². The fraction of sp³-hybridized carbons (Fsp3) is 0.556. The molecule has 1 aromatic rings. The Labute approximate surface area is 147 Å². The number of allylic oxidation sites excluding steroid dienone is 1. The van der Waals surface area contributed by atoms with Crippen molar-refractivity contribution in [3.8, 4) is 5.75 Å². The van der Waals surface area contributed by atoms with E-state index in [4.69, 9.17) is 10.5 Å². The second kappa shape index (κ2) is 6.92. The molecule has 1 heterocycles. The molecule has 1 saturated carbocycles. The van der Waals surface area contributed by atoms with Crippen LogP contribution in [0.5, 0.6) is 5.75 Å². The molecule has 7 nitrogen and oxygen atoms in total. The molecule has 0 radical (unpaired) electrons. The summed E-state index contributed by atoms with van der Waals surface area (Å²) in [6.45, 7) is 3.82. The quantitative estimate of drug-likeness (QED) is 0.721. The molecule has 1 fully saturated rings. The van der Waals surface area contributed by atoms with E-state index in [1.54, 1.807) is 11.7 Å². The Hall–Kier alpha value is -2.28. The van der Waals surface area contributed by atoms with E-state index in [-0.39, 0.29) is 25.2 Å². The Balaban J connectivity index is 1.91. The summed E-state index contributed by atoms with van der Waals surface area (Å²) in [7, 11) is 1.58. The predicted octanol–water partition coefficient (Wildman–Crippen LogP) is 1.33. The van der Waals surface area contributed by atoms with Gasteiger partial charge in [0.25, 0.3) is 0 Å². The molecule has 1 amide bonds. The molecule has 1 unspecified atom stereocenters. The van der Waals surface area contributed by atoms with E-state index in [9.17, 15) is 9.90 Å². The summed E-state index contributed by atoms with van der Waals surface area (Å²) in [5.74, 6) is 0.809. The molecule has 4 N–H and O–H groups in total. The largest absolute Gasteiger partial charge is 0.482 e. The van der Waals surface area contributed by atoms with Gasteiger partial charge in [0.2, 0.25) is 5.91 Å². The lowest BCUT2D eigenvalue weighted by Gasteiger charge is -2.23. The van der Waals surface area contributed by atoms with Gasteiger partial charge in [0.15, 0.2) is 5.75 Å². The van der Waals surface area contributed by atoms with Crippen LogP contribution < -0.4 is 15.8 Å². The van der Waals surface area contributed by atoms with E-state index >= 15 is 0 Å². The molecule has 3 rings (SSSR count). The maximum Gasteiger partial charge on any atom is 0.241 e. The number of amides is 1. The van der Waals surface area contributed by atoms with Crippen LogP contribution in [0.2, 0.25) is 0 Å². The first-order chi connectivity index (χ1) is 11.9. The fourth-order valence-corrected chi connectivity index (χ4v) is 3.16. The van der Waals surface area contributed by atoms with E-state index in [2.05, 4.69) is 10.4 Å². The third-order valence-corrected chi connectivity index (χ3v) is 4.82. The van der Waals surface area contributed by atoms with Gasteiger partial charge in [-0.05, 0) is 43.9 Å². The van der Waals surface area contributed by atoms with Gasteiger partial charge in [0, 0.05) is 25.1 Å². The second-order valence-corrected chi connectivity index (χ2v) is 6.83. The number of nitrogens with two attached hydrogens (primary N) is 1. The molecule has 0 saturated heterocycles. The Kier molecular flexibility index (Phi) is 4.85. The minimum absolute atomic E-state index is 0.0703. The summed E-state index contributed by atoms with van der Waals surface area (Å²) in [4.78, 5) is 11.7. The standard InChI is InChI=1S/C18H26N4O3/c1-10-6-13(7-11(2)16(10)19)25-18-14(9-23)22(8-15(24)20-3)21-17(18)12-4-5-12/h6,12-13,23H,4-5,7-9,19H2,1-3H3,(H,20,24). The second-order valence-electron chi connectivity index (χ2n) is 6.83. The summed E-state index contributed by atoms with van der Waals surface area (Å²) >= 11 is 0. The number of hydrogen-bond donors (Lipinski definition) is 3. The van der Waals surface area contributed by atoms with Crippen LogP contribution in [0.25, 0.3) is 0 Å². The number of rotatable bonds is 6. The summed E-state index contributed by atoms with van der Waals surface area (Å²) in [6, 6.07) is 0. The average molecular weight is 346 g/mol. The zero-order valence-corrected chi connectivity index (χ0v) is 15.0. The molecule has 7 heteroatoms. The highest BCUT2D eigenvalue weighted by Gasteiger charge is 2.34. The Bertz CT molecular complexity index is 744. The number of aliphatic hydroxyl groups is 1. The molecular weight excluding hydrogens is 320 g/mol. The van der Waals surface area contributed by atoms with Crippen molar-refractivity contribution in [2.24, 2.45) is 5.73 Å². The summed E-state index contributed by atoms with van der Waals surface area (Å²) in [6.07, 6.45) is 4.69. The molecule has 0 bridgehead atoms. The topological polar surface area (TPSA) is 102 Å². The Morgan fingerprint density at radius 2 is 2.20 bits per heavy atom. The Morgan fingerprint density at radius 1 is 1.48 bits per heavy atom.